The fraction of sp³-hybridized carbons (Fsp3) is 0.867. The number of hydrogen-bond acceptors (Lipinski definition) is 5. The van der Waals surface area contributed by atoms with Crippen molar-refractivity contribution < 1.29 is 0 Å². The summed E-state index contributed by atoms with van der Waals surface area (Å²) in [7, 11) is 2.13. The van der Waals surface area contributed by atoms with Crippen LogP contribution in [-0.2, 0) is 7.05 Å². The van der Waals surface area contributed by atoms with Crippen LogP contribution in [-0.4, -0.2) is 57.6 Å². The van der Waals surface area contributed by atoms with Crippen LogP contribution in [0.4, 0.5) is 0 Å². The molecule has 0 saturated carbocycles. The first kappa shape index (κ1) is 15.3. The van der Waals surface area contributed by atoms with Gasteiger partial charge in [-0.3, -0.25) is 4.90 Å². The van der Waals surface area contributed by atoms with Crippen molar-refractivity contribution >= 4 is 11.8 Å². The molecule has 2 fully saturated rings. The maximum Gasteiger partial charge on any atom is 0.191 e. The maximum atomic E-state index is 4.47. The first-order chi connectivity index (χ1) is 10.3. The van der Waals surface area contributed by atoms with Gasteiger partial charge in [0.1, 0.15) is 5.82 Å². The molecule has 2 aliphatic rings. The summed E-state index contributed by atoms with van der Waals surface area (Å²) in [6.45, 7) is 6.91. The van der Waals surface area contributed by atoms with Gasteiger partial charge in [-0.25, -0.2) is 0 Å². The van der Waals surface area contributed by atoms with Crippen LogP contribution >= 0.6 is 11.8 Å². The van der Waals surface area contributed by atoms with E-state index in [1.165, 1.54) is 44.6 Å². The lowest BCUT2D eigenvalue weighted by molar-refractivity contribution is 0.287. The average molecular weight is 309 g/mol. The summed E-state index contributed by atoms with van der Waals surface area (Å²) in [6, 6.07) is 0.721. The summed E-state index contributed by atoms with van der Waals surface area (Å²) >= 11 is 1.88. The zero-order valence-corrected chi connectivity index (χ0v) is 14.0. The number of hydrogen-bond donors (Lipinski definition) is 1. The van der Waals surface area contributed by atoms with Gasteiger partial charge in [0.25, 0.3) is 0 Å². The second-order valence-corrected chi connectivity index (χ2v) is 7.15. The standard InChI is InChI=1S/C15H27N5S/c1-3-20-10-4-5-13(20)11-21-15-18-17-14(19(15)2)12-6-8-16-9-7-12/h12-13,16H,3-11H2,1-2H3/t13-/m1/s1. The molecule has 1 N–H and O–H groups in total. The molecule has 5 nitrogen and oxygen atoms in total. The molecule has 0 spiro atoms. The van der Waals surface area contributed by atoms with Crippen LogP contribution in [0.3, 0.4) is 0 Å². The molecule has 0 bridgehead atoms. The molecule has 0 aliphatic carbocycles. The number of aromatic nitrogens is 3. The van der Waals surface area contributed by atoms with Crippen molar-refractivity contribution in [3.63, 3.8) is 0 Å². The minimum Gasteiger partial charge on any atom is -0.317 e. The molecule has 118 valence electrons. The van der Waals surface area contributed by atoms with E-state index >= 15 is 0 Å². The van der Waals surface area contributed by atoms with Gasteiger partial charge in [-0.05, 0) is 51.9 Å². The van der Waals surface area contributed by atoms with Crippen LogP contribution in [0.2, 0.25) is 0 Å². The van der Waals surface area contributed by atoms with E-state index in [1.54, 1.807) is 0 Å². The number of thioether (sulfide) groups is 1. The van der Waals surface area contributed by atoms with Gasteiger partial charge in [-0.2, -0.15) is 0 Å². The van der Waals surface area contributed by atoms with Gasteiger partial charge >= 0.3 is 0 Å². The zero-order valence-electron chi connectivity index (χ0n) is 13.2. The smallest absolute Gasteiger partial charge is 0.191 e. The van der Waals surface area contributed by atoms with Crippen molar-refractivity contribution in [3.05, 3.63) is 5.82 Å². The Bertz CT molecular complexity index is 455. The van der Waals surface area contributed by atoms with Crippen molar-refractivity contribution in [2.24, 2.45) is 7.05 Å². The van der Waals surface area contributed by atoms with E-state index < -0.39 is 0 Å². The highest BCUT2D eigenvalue weighted by Gasteiger charge is 2.25. The van der Waals surface area contributed by atoms with Crippen molar-refractivity contribution in [1.29, 1.82) is 0 Å². The number of piperidine rings is 1. The van der Waals surface area contributed by atoms with E-state index in [0.29, 0.717) is 5.92 Å². The van der Waals surface area contributed by atoms with Gasteiger partial charge < -0.3 is 9.88 Å². The molecule has 1 aromatic heterocycles. The van der Waals surface area contributed by atoms with Gasteiger partial charge in [-0.15, -0.1) is 10.2 Å². The van der Waals surface area contributed by atoms with Crippen LogP contribution < -0.4 is 5.32 Å². The minimum absolute atomic E-state index is 0.580. The fourth-order valence-corrected chi connectivity index (χ4v) is 4.66. The van der Waals surface area contributed by atoms with Crippen LogP contribution in [0.25, 0.3) is 0 Å². The lowest BCUT2D eigenvalue weighted by Crippen LogP contribution is -2.31. The molecule has 1 aromatic rings. The normalized spacial score (nSPS) is 24.8. The molecule has 21 heavy (non-hydrogen) atoms. The predicted octanol–water partition coefficient (Wildman–Crippen LogP) is 1.86. The Kier molecular flexibility index (Phi) is 5.19. The van der Waals surface area contributed by atoms with E-state index in [-0.39, 0.29) is 0 Å². The summed E-state index contributed by atoms with van der Waals surface area (Å²) in [5.41, 5.74) is 0. The van der Waals surface area contributed by atoms with Gasteiger partial charge in [0, 0.05) is 24.8 Å². The van der Waals surface area contributed by atoms with Crippen molar-refractivity contribution in [2.45, 2.75) is 49.7 Å². The first-order valence-electron chi connectivity index (χ1n) is 8.26. The number of nitrogens with one attached hydrogen (secondary N) is 1. The highest BCUT2D eigenvalue weighted by molar-refractivity contribution is 7.99. The number of rotatable bonds is 5. The predicted molar refractivity (Wildman–Crippen MR) is 86.8 cm³/mol. The molecule has 0 unspecified atom stereocenters. The molecule has 3 heterocycles. The summed E-state index contributed by atoms with van der Waals surface area (Å²) in [4.78, 5) is 2.59. The van der Waals surface area contributed by atoms with Crippen LogP contribution in [0.5, 0.6) is 0 Å². The van der Waals surface area contributed by atoms with Gasteiger partial charge in [0.05, 0.1) is 0 Å². The quantitative estimate of drug-likeness (QED) is 0.841. The van der Waals surface area contributed by atoms with Gasteiger partial charge in [0.2, 0.25) is 0 Å². The lowest BCUT2D eigenvalue weighted by atomic mass is 9.97. The molecule has 2 aliphatic heterocycles. The Hall–Kier alpha value is -0.590. The Morgan fingerprint density at radius 3 is 2.81 bits per heavy atom. The molecule has 2 saturated heterocycles. The van der Waals surface area contributed by atoms with Crippen LogP contribution in [0.15, 0.2) is 5.16 Å². The summed E-state index contributed by atoms with van der Waals surface area (Å²) in [5.74, 6) is 2.90. The fourth-order valence-electron chi connectivity index (χ4n) is 3.56. The Labute approximate surface area is 131 Å². The lowest BCUT2D eigenvalue weighted by Gasteiger charge is -2.22. The van der Waals surface area contributed by atoms with Crippen LogP contribution in [0.1, 0.15) is 44.3 Å². The highest BCUT2D eigenvalue weighted by Crippen LogP contribution is 2.28. The third kappa shape index (κ3) is 3.43. The minimum atomic E-state index is 0.580. The van der Waals surface area contributed by atoms with Gasteiger partial charge in [0.15, 0.2) is 5.16 Å². The second-order valence-electron chi connectivity index (χ2n) is 6.16. The third-order valence-electron chi connectivity index (χ3n) is 4.88. The second kappa shape index (κ2) is 7.11. The Morgan fingerprint density at radius 1 is 1.24 bits per heavy atom. The topological polar surface area (TPSA) is 46.0 Å². The summed E-state index contributed by atoms with van der Waals surface area (Å²) in [6.07, 6.45) is 5.05. The Morgan fingerprint density at radius 2 is 2.05 bits per heavy atom. The molecule has 0 aromatic carbocycles. The van der Waals surface area contributed by atoms with Crippen molar-refractivity contribution in [3.8, 4) is 0 Å². The van der Waals surface area contributed by atoms with E-state index in [9.17, 15) is 0 Å². The van der Waals surface area contributed by atoms with Crippen LogP contribution in [0, 0.1) is 0 Å². The zero-order chi connectivity index (χ0) is 14.7. The Balaban J connectivity index is 1.60. The molecule has 0 radical (unpaired) electrons. The molecule has 1 atom stereocenters. The van der Waals surface area contributed by atoms with E-state index in [1.807, 2.05) is 11.8 Å². The molecule has 0 amide bonds. The van der Waals surface area contributed by atoms with Gasteiger partial charge in [-0.1, -0.05) is 18.7 Å². The maximum absolute atomic E-state index is 4.47. The summed E-state index contributed by atoms with van der Waals surface area (Å²) < 4.78 is 2.23. The molecular formula is C15H27N5S. The monoisotopic (exact) mass is 309 g/mol. The number of likely N-dealkylation sites (tertiary alicyclic amines) is 1. The largest absolute Gasteiger partial charge is 0.317 e. The summed E-state index contributed by atoms with van der Waals surface area (Å²) in [5, 5.41) is 13.4. The molecular weight excluding hydrogens is 282 g/mol. The SMILES string of the molecule is CCN1CCC[C@@H]1CSc1nnc(C2CCNCC2)n1C. The van der Waals surface area contributed by atoms with E-state index in [4.69, 9.17) is 0 Å². The average Bonchev–Trinajstić information content (AvgIpc) is 3.12. The number of nitrogens with zero attached hydrogens (tertiary/aromatic N) is 4. The third-order valence-corrected chi connectivity index (χ3v) is 6.05. The molecule has 6 heteroatoms. The van der Waals surface area contributed by atoms with Crippen molar-refractivity contribution in [1.82, 2.24) is 25.0 Å². The molecule has 3 rings (SSSR count). The van der Waals surface area contributed by atoms with E-state index in [2.05, 4.69) is 39.0 Å². The van der Waals surface area contributed by atoms with E-state index in [0.717, 1.165) is 30.0 Å². The highest BCUT2D eigenvalue weighted by atomic mass is 32.2. The van der Waals surface area contributed by atoms with Crippen molar-refractivity contribution in [2.75, 3.05) is 31.9 Å². The first-order valence-corrected chi connectivity index (χ1v) is 9.25.